The van der Waals surface area contributed by atoms with Gasteiger partial charge in [-0.2, -0.15) is 0 Å². The number of rotatable bonds is 2. The minimum Gasteiger partial charge on any atom is -0.465 e. The van der Waals surface area contributed by atoms with Crippen molar-refractivity contribution in [2.75, 3.05) is 5.32 Å². The molecule has 0 unspecified atom stereocenters. The van der Waals surface area contributed by atoms with E-state index >= 15 is 0 Å². The van der Waals surface area contributed by atoms with Crippen LogP contribution in [0.5, 0.6) is 0 Å². The molecule has 0 saturated heterocycles. The molecule has 13 heavy (non-hydrogen) atoms. The second-order valence-electron chi connectivity index (χ2n) is 2.35. The van der Waals surface area contributed by atoms with Gasteiger partial charge in [0.25, 0.3) is 0 Å². The van der Waals surface area contributed by atoms with Crippen molar-refractivity contribution in [1.29, 1.82) is 0 Å². The monoisotopic (exact) mass is 245 g/mol. The summed E-state index contributed by atoms with van der Waals surface area (Å²) in [6.45, 7) is -0.211. The smallest absolute Gasteiger partial charge is 0.409 e. The molecule has 1 rings (SSSR count). The van der Waals surface area contributed by atoms with Crippen LogP contribution in [0.3, 0.4) is 0 Å². The van der Waals surface area contributed by atoms with E-state index in [2.05, 4.69) is 21.2 Å². The molecular formula is C8H8BrNO3. The number of nitrogens with one attached hydrogen (secondary N) is 1. The summed E-state index contributed by atoms with van der Waals surface area (Å²) in [5.74, 6) is 0. The minimum atomic E-state index is -1.15. The molecule has 0 aliphatic rings. The highest BCUT2D eigenvalue weighted by Gasteiger charge is 2.06. The lowest BCUT2D eigenvalue weighted by molar-refractivity contribution is 0.209. The van der Waals surface area contributed by atoms with Gasteiger partial charge in [-0.15, -0.1) is 0 Å². The third kappa shape index (κ3) is 2.43. The Labute approximate surface area is 83.3 Å². The molecule has 0 aliphatic carbocycles. The fraction of sp³-hybridized carbons (Fsp3) is 0.125. The minimum absolute atomic E-state index is 0.211. The Hall–Kier alpha value is -1.07. The van der Waals surface area contributed by atoms with Crippen molar-refractivity contribution in [3.05, 3.63) is 28.2 Å². The summed E-state index contributed by atoms with van der Waals surface area (Å²) in [7, 11) is 0. The maximum absolute atomic E-state index is 10.3. The van der Waals surface area contributed by atoms with Gasteiger partial charge >= 0.3 is 6.09 Å². The zero-order chi connectivity index (χ0) is 9.84. The second kappa shape index (κ2) is 4.25. The molecule has 1 amide bonds. The zero-order valence-electron chi connectivity index (χ0n) is 6.62. The van der Waals surface area contributed by atoms with Crippen LogP contribution in [0.25, 0.3) is 0 Å². The third-order valence-corrected chi connectivity index (χ3v) is 2.26. The van der Waals surface area contributed by atoms with Crippen molar-refractivity contribution in [3.63, 3.8) is 0 Å². The van der Waals surface area contributed by atoms with Crippen LogP contribution in [-0.2, 0) is 6.61 Å². The number of carbonyl (C=O) groups is 1. The SMILES string of the molecule is O=C(O)Nc1cccc(Br)c1CO. The molecule has 70 valence electrons. The first-order valence-corrected chi connectivity index (χ1v) is 4.32. The van der Waals surface area contributed by atoms with Crippen molar-refractivity contribution in [2.45, 2.75) is 6.61 Å². The van der Waals surface area contributed by atoms with Gasteiger partial charge in [-0.3, -0.25) is 5.32 Å². The Morgan fingerprint density at radius 3 is 2.77 bits per heavy atom. The summed E-state index contributed by atoms with van der Waals surface area (Å²) in [6.07, 6.45) is -1.15. The molecule has 1 aromatic carbocycles. The summed E-state index contributed by atoms with van der Waals surface area (Å²) in [6, 6.07) is 5.01. The van der Waals surface area contributed by atoms with E-state index in [9.17, 15) is 4.79 Å². The van der Waals surface area contributed by atoms with Gasteiger partial charge in [-0.05, 0) is 12.1 Å². The van der Waals surface area contributed by atoms with E-state index in [-0.39, 0.29) is 6.61 Å². The number of aliphatic hydroxyl groups is 1. The average Bonchev–Trinajstić information content (AvgIpc) is 2.03. The summed E-state index contributed by atoms with van der Waals surface area (Å²) in [4.78, 5) is 10.3. The topological polar surface area (TPSA) is 69.6 Å². The molecule has 1 aromatic rings. The van der Waals surface area contributed by atoms with E-state index in [1.54, 1.807) is 18.2 Å². The maximum atomic E-state index is 10.3. The van der Waals surface area contributed by atoms with Crippen LogP contribution in [0.1, 0.15) is 5.56 Å². The molecule has 0 radical (unpaired) electrons. The van der Waals surface area contributed by atoms with E-state index in [0.29, 0.717) is 15.7 Å². The fourth-order valence-electron chi connectivity index (χ4n) is 0.952. The highest BCUT2D eigenvalue weighted by Crippen LogP contribution is 2.24. The average molecular weight is 246 g/mol. The van der Waals surface area contributed by atoms with Crippen LogP contribution in [0.2, 0.25) is 0 Å². The van der Waals surface area contributed by atoms with Gasteiger partial charge in [-0.25, -0.2) is 4.79 Å². The van der Waals surface area contributed by atoms with E-state index in [1.807, 2.05) is 0 Å². The number of hydrogen-bond donors (Lipinski definition) is 3. The molecule has 0 atom stereocenters. The second-order valence-corrected chi connectivity index (χ2v) is 3.21. The van der Waals surface area contributed by atoms with Crippen LogP contribution in [0.4, 0.5) is 10.5 Å². The van der Waals surface area contributed by atoms with Crippen molar-refractivity contribution in [3.8, 4) is 0 Å². The lowest BCUT2D eigenvalue weighted by atomic mass is 10.2. The zero-order valence-corrected chi connectivity index (χ0v) is 8.21. The molecule has 0 heterocycles. The van der Waals surface area contributed by atoms with Crippen molar-refractivity contribution < 1.29 is 15.0 Å². The molecule has 0 aromatic heterocycles. The van der Waals surface area contributed by atoms with Crippen molar-refractivity contribution in [2.24, 2.45) is 0 Å². The number of halogens is 1. The number of amides is 1. The molecule has 3 N–H and O–H groups in total. The predicted octanol–water partition coefficient (Wildman–Crippen LogP) is 2.03. The Balaban J connectivity index is 3.05. The number of benzene rings is 1. The highest BCUT2D eigenvalue weighted by molar-refractivity contribution is 9.10. The van der Waals surface area contributed by atoms with Gasteiger partial charge in [0.05, 0.1) is 12.3 Å². The van der Waals surface area contributed by atoms with Crippen LogP contribution < -0.4 is 5.32 Å². The summed E-state index contributed by atoms with van der Waals surface area (Å²) in [5.41, 5.74) is 0.925. The molecule has 4 nitrogen and oxygen atoms in total. The summed E-state index contributed by atoms with van der Waals surface area (Å²) >= 11 is 3.20. The summed E-state index contributed by atoms with van der Waals surface area (Å²) < 4.78 is 0.682. The van der Waals surface area contributed by atoms with Gasteiger partial charge in [0.1, 0.15) is 0 Å². The van der Waals surface area contributed by atoms with E-state index in [4.69, 9.17) is 10.2 Å². The van der Waals surface area contributed by atoms with Crippen LogP contribution in [0.15, 0.2) is 22.7 Å². The molecule has 0 saturated carbocycles. The van der Waals surface area contributed by atoms with Gasteiger partial charge < -0.3 is 10.2 Å². The molecule has 5 heteroatoms. The van der Waals surface area contributed by atoms with Crippen LogP contribution in [-0.4, -0.2) is 16.3 Å². The Morgan fingerprint density at radius 2 is 2.23 bits per heavy atom. The standard InChI is InChI=1S/C8H8BrNO3/c9-6-2-1-3-7(5(6)4-11)10-8(12)13/h1-3,10-11H,4H2,(H,12,13). The quantitative estimate of drug-likeness (QED) is 0.747. The number of carboxylic acid groups (broad SMARTS) is 1. The number of anilines is 1. The third-order valence-electron chi connectivity index (χ3n) is 1.52. The largest absolute Gasteiger partial charge is 0.465 e. The van der Waals surface area contributed by atoms with Gasteiger partial charge in [-0.1, -0.05) is 22.0 Å². The number of hydrogen-bond acceptors (Lipinski definition) is 2. The number of aliphatic hydroxyl groups excluding tert-OH is 1. The van der Waals surface area contributed by atoms with Gasteiger partial charge in [0.15, 0.2) is 0 Å². The fourth-order valence-corrected chi connectivity index (χ4v) is 1.44. The molecule has 0 spiro atoms. The van der Waals surface area contributed by atoms with Crippen LogP contribution >= 0.6 is 15.9 Å². The van der Waals surface area contributed by atoms with Crippen molar-refractivity contribution >= 4 is 27.7 Å². The Morgan fingerprint density at radius 1 is 1.54 bits per heavy atom. The highest BCUT2D eigenvalue weighted by atomic mass is 79.9. The lowest BCUT2D eigenvalue weighted by Crippen LogP contribution is -2.09. The summed E-state index contributed by atoms with van der Waals surface area (Å²) in [5, 5.41) is 19.6. The first kappa shape index (κ1) is 10.0. The first-order valence-electron chi connectivity index (χ1n) is 3.53. The maximum Gasteiger partial charge on any atom is 0.409 e. The van der Waals surface area contributed by atoms with E-state index < -0.39 is 6.09 Å². The van der Waals surface area contributed by atoms with Crippen molar-refractivity contribution in [1.82, 2.24) is 0 Å². The normalized spacial score (nSPS) is 9.69. The first-order chi connectivity index (χ1) is 6.15. The molecular weight excluding hydrogens is 238 g/mol. The van der Waals surface area contributed by atoms with Gasteiger partial charge in [0, 0.05) is 10.0 Å². The van der Waals surface area contributed by atoms with Gasteiger partial charge in [0.2, 0.25) is 0 Å². The Kier molecular flexibility index (Phi) is 3.27. The molecule has 0 fully saturated rings. The predicted molar refractivity (Wildman–Crippen MR) is 51.7 cm³/mol. The molecule has 0 bridgehead atoms. The van der Waals surface area contributed by atoms with E-state index in [1.165, 1.54) is 0 Å². The van der Waals surface area contributed by atoms with Crippen LogP contribution in [0, 0.1) is 0 Å². The molecule has 0 aliphatic heterocycles. The Bertz CT molecular complexity index is 327. The van der Waals surface area contributed by atoms with E-state index in [0.717, 1.165) is 0 Å². The lowest BCUT2D eigenvalue weighted by Gasteiger charge is -2.07.